The van der Waals surface area contributed by atoms with Crippen molar-refractivity contribution in [2.45, 2.75) is 90.0 Å². The second kappa shape index (κ2) is 77.2. The van der Waals surface area contributed by atoms with Gasteiger partial charge in [0.2, 0.25) is 0 Å². The third-order valence-corrected chi connectivity index (χ3v) is 13.0. The number of carbonyl (C=O) groups is 1. The lowest BCUT2D eigenvalue weighted by Crippen LogP contribution is -2.38. The molecule has 0 aromatic rings. The first-order chi connectivity index (χ1) is 44.3. The van der Waals surface area contributed by atoms with Crippen LogP contribution in [0, 0.1) is 0 Å². The zero-order valence-corrected chi connectivity index (χ0v) is 55.2. The predicted molar refractivity (Wildman–Crippen MR) is 333 cm³/mol. The SMILES string of the molecule is CCCCCCCCCCCCOCCOCCOCCOCCOCCOCCOCCOCCOCCOCCOCCOCCOCCOCCOCCOCCOCCOCCOCCOCCOCCOCCOCCN1CCCC1C(=O)O. The summed E-state index contributed by atoms with van der Waals surface area (Å²) in [6.45, 7) is 26.9. The summed E-state index contributed by atoms with van der Waals surface area (Å²) in [5, 5.41) is 9.22. The molecule has 1 unspecified atom stereocenters. The fourth-order valence-electron chi connectivity index (χ4n) is 8.19. The molecule has 0 aliphatic carbocycles. The van der Waals surface area contributed by atoms with E-state index in [-0.39, 0.29) is 6.04 Å². The first-order valence-corrected chi connectivity index (χ1v) is 33.5. The van der Waals surface area contributed by atoms with Crippen molar-refractivity contribution in [2.75, 3.05) is 317 Å². The molecule has 89 heavy (non-hydrogen) atoms. The zero-order valence-electron chi connectivity index (χ0n) is 55.2. The van der Waals surface area contributed by atoms with Crippen LogP contribution in [0.25, 0.3) is 0 Å². The van der Waals surface area contributed by atoms with Crippen molar-refractivity contribution in [1.29, 1.82) is 0 Å². The summed E-state index contributed by atoms with van der Waals surface area (Å²) in [6, 6.07) is -0.379. The molecule has 0 spiro atoms. The monoisotopic (exact) mass is 1300 g/mol. The largest absolute Gasteiger partial charge is 0.480 e. The molecule has 0 saturated carbocycles. The summed E-state index contributed by atoms with van der Waals surface area (Å²) in [5.41, 5.74) is 0. The highest BCUT2D eigenvalue weighted by Gasteiger charge is 2.29. The number of likely N-dealkylation sites (tertiary alicyclic amines) is 1. The number of hydrogen-bond acceptors (Lipinski definition) is 25. The maximum absolute atomic E-state index is 11.2. The van der Waals surface area contributed by atoms with E-state index in [0.717, 1.165) is 26.0 Å². The highest BCUT2D eigenvalue weighted by atomic mass is 16.6. The Bertz CT molecular complexity index is 1330. The molecule has 1 atom stereocenters. The van der Waals surface area contributed by atoms with E-state index in [1.807, 2.05) is 4.90 Å². The Labute approximate surface area is 535 Å². The predicted octanol–water partition coefficient (Wildman–Crippen LogP) is 4.84. The lowest BCUT2D eigenvalue weighted by atomic mass is 10.1. The van der Waals surface area contributed by atoms with E-state index in [4.69, 9.17) is 109 Å². The summed E-state index contributed by atoms with van der Waals surface area (Å²) in [7, 11) is 0. The topological polar surface area (TPSA) is 253 Å². The summed E-state index contributed by atoms with van der Waals surface area (Å²) in [6.07, 6.45) is 15.0. The quantitative estimate of drug-likeness (QED) is 0.0800. The second-order valence-corrected chi connectivity index (χ2v) is 20.3. The Hall–Kier alpha value is -1.49. The van der Waals surface area contributed by atoms with Crippen LogP contribution in [0.15, 0.2) is 0 Å². The van der Waals surface area contributed by atoms with Gasteiger partial charge in [0.05, 0.1) is 297 Å². The molecule has 26 nitrogen and oxygen atoms in total. The van der Waals surface area contributed by atoms with Crippen LogP contribution in [-0.2, 0) is 114 Å². The first-order valence-electron chi connectivity index (χ1n) is 33.5. The average molecular weight is 1300 g/mol. The highest BCUT2D eigenvalue weighted by Crippen LogP contribution is 2.16. The first kappa shape index (κ1) is 85.5. The minimum Gasteiger partial charge on any atom is -0.480 e. The number of unbranched alkanes of at least 4 members (excludes halogenated alkanes) is 9. The third-order valence-electron chi connectivity index (χ3n) is 13.0. The second-order valence-electron chi connectivity index (χ2n) is 20.3. The maximum atomic E-state index is 11.2. The van der Waals surface area contributed by atoms with Crippen LogP contribution >= 0.6 is 0 Å². The molecule has 1 aliphatic rings. The van der Waals surface area contributed by atoms with Crippen LogP contribution in [0.3, 0.4) is 0 Å². The Morgan fingerprint density at radius 3 is 0.618 bits per heavy atom. The van der Waals surface area contributed by atoms with Crippen molar-refractivity contribution >= 4 is 5.97 Å². The van der Waals surface area contributed by atoms with E-state index in [1.54, 1.807) is 0 Å². The van der Waals surface area contributed by atoms with E-state index in [0.29, 0.717) is 310 Å². The molecule has 1 aliphatic heterocycles. The molecule has 0 aromatic carbocycles. The highest BCUT2D eigenvalue weighted by molar-refractivity contribution is 5.73. The van der Waals surface area contributed by atoms with Gasteiger partial charge in [0, 0.05) is 13.2 Å². The standard InChI is InChI=1S/C63H125NO25/c1-2-3-4-5-6-7-8-9-10-11-16-67-18-20-69-22-24-71-26-28-73-30-32-75-34-36-77-38-40-79-42-44-81-46-48-83-50-52-85-54-56-87-58-60-89-61-59-88-57-55-86-53-51-84-49-47-82-45-43-80-41-39-78-37-35-76-33-31-74-29-27-72-25-23-70-21-19-68-17-15-64-14-12-13-62(64)63(65)66/h62H,2-61H2,1H3,(H,65,66). The lowest BCUT2D eigenvalue weighted by molar-refractivity contribution is -0.142. The maximum Gasteiger partial charge on any atom is 0.320 e. The van der Waals surface area contributed by atoms with E-state index in [2.05, 4.69) is 6.92 Å². The number of hydrogen-bond donors (Lipinski definition) is 1. The zero-order chi connectivity index (χ0) is 63.4. The van der Waals surface area contributed by atoms with Crippen LogP contribution in [0.2, 0.25) is 0 Å². The Kier molecular flexibility index (Phi) is 74.2. The molecular formula is C63H125NO25. The molecule has 1 N–H and O–H groups in total. The fourth-order valence-corrected chi connectivity index (χ4v) is 8.19. The third kappa shape index (κ3) is 70.7. The summed E-state index contributed by atoms with van der Waals surface area (Å²) < 4.78 is 127. The molecular weight excluding hydrogens is 1170 g/mol. The van der Waals surface area contributed by atoms with Gasteiger partial charge in [-0.25, -0.2) is 0 Å². The minimum atomic E-state index is -0.753. The van der Waals surface area contributed by atoms with Gasteiger partial charge in [-0.2, -0.15) is 0 Å². The van der Waals surface area contributed by atoms with Crippen LogP contribution in [-0.4, -0.2) is 339 Å². The number of nitrogens with zero attached hydrogens (tertiary/aromatic N) is 1. The number of ether oxygens (including phenoxy) is 23. The lowest BCUT2D eigenvalue weighted by Gasteiger charge is -2.20. The summed E-state index contributed by atoms with van der Waals surface area (Å²) in [4.78, 5) is 13.2. The molecule has 0 aromatic heterocycles. The van der Waals surface area contributed by atoms with E-state index >= 15 is 0 Å². The molecule has 0 radical (unpaired) electrons. The van der Waals surface area contributed by atoms with Crippen molar-refractivity contribution in [3.8, 4) is 0 Å². The summed E-state index contributed by atoms with van der Waals surface area (Å²) >= 11 is 0. The van der Waals surface area contributed by atoms with E-state index < -0.39 is 5.97 Å². The van der Waals surface area contributed by atoms with Crippen LogP contribution in [0.4, 0.5) is 0 Å². The molecule has 0 bridgehead atoms. The number of aliphatic carboxylic acids is 1. The van der Waals surface area contributed by atoms with Gasteiger partial charge in [0.1, 0.15) is 6.04 Å². The Morgan fingerprint density at radius 1 is 0.258 bits per heavy atom. The van der Waals surface area contributed by atoms with Crippen LogP contribution in [0.1, 0.15) is 84.0 Å². The molecule has 1 rings (SSSR count). The van der Waals surface area contributed by atoms with Gasteiger partial charge in [0.15, 0.2) is 0 Å². The van der Waals surface area contributed by atoms with Gasteiger partial charge in [-0.15, -0.1) is 0 Å². The smallest absolute Gasteiger partial charge is 0.320 e. The van der Waals surface area contributed by atoms with Crippen LogP contribution < -0.4 is 0 Å². The molecule has 532 valence electrons. The van der Waals surface area contributed by atoms with E-state index in [1.165, 1.54) is 57.8 Å². The van der Waals surface area contributed by atoms with Crippen molar-refractivity contribution in [3.05, 3.63) is 0 Å². The molecule has 1 heterocycles. The van der Waals surface area contributed by atoms with Gasteiger partial charge in [-0.1, -0.05) is 64.7 Å². The van der Waals surface area contributed by atoms with Gasteiger partial charge in [-0.05, 0) is 25.8 Å². The minimum absolute atomic E-state index is 0.379. The summed E-state index contributed by atoms with van der Waals surface area (Å²) in [5.74, 6) is -0.753. The number of carboxylic acids is 1. The van der Waals surface area contributed by atoms with Gasteiger partial charge in [-0.3, -0.25) is 9.69 Å². The van der Waals surface area contributed by atoms with Crippen molar-refractivity contribution in [2.24, 2.45) is 0 Å². The van der Waals surface area contributed by atoms with Gasteiger partial charge < -0.3 is 114 Å². The molecule has 0 amide bonds. The van der Waals surface area contributed by atoms with Gasteiger partial charge >= 0.3 is 5.97 Å². The number of carboxylic acid groups (broad SMARTS) is 1. The van der Waals surface area contributed by atoms with Crippen molar-refractivity contribution < 1.29 is 119 Å². The Morgan fingerprint density at radius 2 is 0.427 bits per heavy atom. The molecule has 26 heteroatoms. The Balaban J connectivity index is 1.59. The average Bonchev–Trinajstić information content (AvgIpc) is 4.17. The van der Waals surface area contributed by atoms with Crippen molar-refractivity contribution in [3.63, 3.8) is 0 Å². The van der Waals surface area contributed by atoms with E-state index in [9.17, 15) is 9.90 Å². The fraction of sp³-hybridized carbons (Fsp3) is 0.984. The van der Waals surface area contributed by atoms with Crippen LogP contribution in [0.5, 0.6) is 0 Å². The normalized spacial score (nSPS) is 13.7. The number of rotatable bonds is 81. The van der Waals surface area contributed by atoms with Gasteiger partial charge in [0.25, 0.3) is 0 Å². The molecule has 1 saturated heterocycles. The van der Waals surface area contributed by atoms with Crippen molar-refractivity contribution in [1.82, 2.24) is 4.90 Å². The molecule has 1 fully saturated rings.